The number of hydrogen-bond acceptors (Lipinski definition) is 3. The van der Waals surface area contributed by atoms with Crippen LogP contribution < -0.4 is 5.32 Å². The molecule has 0 heterocycles. The fraction of sp³-hybridized carbons (Fsp3) is 0.300. The summed E-state index contributed by atoms with van der Waals surface area (Å²) < 4.78 is 17.9. The summed E-state index contributed by atoms with van der Waals surface area (Å²) in [6.07, 6.45) is 1.19. The molecule has 5 heteroatoms. The number of benzene rings is 2. The van der Waals surface area contributed by atoms with E-state index < -0.39 is 5.97 Å². The molecule has 0 aliphatic heterocycles. The molecule has 0 spiro atoms. The summed E-state index contributed by atoms with van der Waals surface area (Å²) in [7, 11) is 0. The summed E-state index contributed by atoms with van der Waals surface area (Å²) >= 11 is 0. The van der Waals surface area contributed by atoms with E-state index in [1.54, 1.807) is 12.1 Å². The van der Waals surface area contributed by atoms with E-state index in [1.165, 1.54) is 12.1 Å². The molecule has 0 aliphatic carbocycles. The third-order valence-electron chi connectivity index (χ3n) is 3.89. The van der Waals surface area contributed by atoms with Crippen molar-refractivity contribution in [3.8, 4) is 0 Å². The first-order valence-electron chi connectivity index (χ1n) is 8.33. The number of rotatable bonds is 8. The van der Waals surface area contributed by atoms with Gasteiger partial charge in [0.25, 0.3) is 5.91 Å². The summed E-state index contributed by atoms with van der Waals surface area (Å²) in [5, 5.41) is 2.69. The molecule has 2 aromatic carbocycles. The van der Waals surface area contributed by atoms with Crippen LogP contribution in [0.5, 0.6) is 0 Å². The van der Waals surface area contributed by atoms with E-state index in [-0.39, 0.29) is 24.2 Å². The first-order chi connectivity index (χ1) is 12.1. The van der Waals surface area contributed by atoms with Crippen LogP contribution >= 0.6 is 0 Å². The van der Waals surface area contributed by atoms with Crippen LogP contribution in [0.15, 0.2) is 54.6 Å². The molecule has 0 saturated heterocycles. The molecule has 0 saturated carbocycles. The van der Waals surface area contributed by atoms with Crippen LogP contribution in [-0.2, 0) is 20.7 Å². The van der Waals surface area contributed by atoms with E-state index >= 15 is 0 Å². The number of nitrogens with one attached hydrogen (secondary N) is 1. The van der Waals surface area contributed by atoms with Gasteiger partial charge in [-0.05, 0) is 36.1 Å². The Kier molecular flexibility index (Phi) is 7.14. The van der Waals surface area contributed by atoms with Gasteiger partial charge in [-0.1, -0.05) is 49.4 Å². The summed E-state index contributed by atoms with van der Waals surface area (Å²) in [4.78, 5) is 24.0. The van der Waals surface area contributed by atoms with E-state index in [2.05, 4.69) is 5.32 Å². The topological polar surface area (TPSA) is 55.4 Å². The third-order valence-corrected chi connectivity index (χ3v) is 3.89. The Bertz CT molecular complexity index is 686. The monoisotopic (exact) mass is 343 g/mol. The van der Waals surface area contributed by atoms with Crippen molar-refractivity contribution in [2.45, 2.75) is 25.7 Å². The lowest BCUT2D eigenvalue weighted by molar-refractivity contribution is -0.150. The molecule has 132 valence electrons. The zero-order valence-electron chi connectivity index (χ0n) is 14.2. The highest BCUT2D eigenvalue weighted by atomic mass is 19.1. The van der Waals surface area contributed by atoms with E-state index in [0.717, 1.165) is 11.1 Å². The maximum Gasteiger partial charge on any atom is 0.313 e. The lowest BCUT2D eigenvalue weighted by atomic mass is 9.97. The lowest BCUT2D eigenvalue weighted by Gasteiger charge is -2.14. The van der Waals surface area contributed by atoms with Gasteiger partial charge in [0.15, 0.2) is 6.61 Å². The Labute approximate surface area is 147 Å². The third kappa shape index (κ3) is 6.03. The van der Waals surface area contributed by atoms with E-state index in [4.69, 9.17) is 4.74 Å². The quantitative estimate of drug-likeness (QED) is 0.749. The van der Waals surface area contributed by atoms with Gasteiger partial charge in [0.05, 0.1) is 5.92 Å². The van der Waals surface area contributed by atoms with E-state index in [0.29, 0.717) is 19.4 Å². The predicted octanol–water partition coefficient (Wildman–Crippen LogP) is 3.22. The van der Waals surface area contributed by atoms with Gasteiger partial charge in [0, 0.05) is 6.54 Å². The number of esters is 1. The average Bonchev–Trinajstić information content (AvgIpc) is 2.63. The number of amides is 1. The molecular weight excluding hydrogens is 321 g/mol. The number of carbonyl (C=O) groups excluding carboxylic acids is 2. The highest BCUT2D eigenvalue weighted by molar-refractivity contribution is 5.83. The molecule has 0 bridgehead atoms. The van der Waals surface area contributed by atoms with Crippen LogP contribution in [0.3, 0.4) is 0 Å². The van der Waals surface area contributed by atoms with Gasteiger partial charge in [-0.3, -0.25) is 9.59 Å². The lowest BCUT2D eigenvalue weighted by Crippen LogP contribution is -2.31. The molecule has 1 amide bonds. The highest BCUT2D eigenvalue weighted by Gasteiger charge is 2.20. The fourth-order valence-corrected chi connectivity index (χ4v) is 2.51. The van der Waals surface area contributed by atoms with Gasteiger partial charge in [-0.2, -0.15) is 0 Å². The van der Waals surface area contributed by atoms with Crippen LogP contribution in [0.4, 0.5) is 4.39 Å². The van der Waals surface area contributed by atoms with Crippen molar-refractivity contribution < 1.29 is 18.7 Å². The Morgan fingerprint density at radius 2 is 1.76 bits per heavy atom. The van der Waals surface area contributed by atoms with Crippen LogP contribution in [0, 0.1) is 5.82 Å². The molecule has 1 N–H and O–H groups in total. The van der Waals surface area contributed by atoms with Crippen molar-refractivity contribution in [2.75, 3.05) is 13.2 Å². The van der Waals surface area contributed by atoms with Crippen molar-refractivity contribution in [3.05, 3.63) is 71.5 Å². The van der Waals surface area contributed by atoms with Crippen molar-refractivity contribution >= 4 is 11.9 Å². The zero-order chi connectivity index (χ0) is 18.1. The first-order valence-corrected chi connectivity index (χ1v) is 8.33. The summed E-state index contributed by atoms with van der Waals surface area (Å²) in [5.41, 5.74) is 1.81. The highest BCUT2D eigenvalue weighted by Crippen LogP contribution is 2.20. The molecule has 0 unspecified atom stereocenters. The molecule has 4 nitrogen and oxygen atoms in total. The van der Waals surface area contributed by atoms with Crippen molar-refractivity contribution in [1.29, 1.82) is 0 Å². The second-order valence-corrected chi connectivity index (χ2v) is 5.71. The molecule has 0 aromatic heterocycles. The number of hydrogen-bond donors (Lipinski definition) is 1. The first kappa shape index (κ1) is 18.6. The minimum absolute atomic E-state index is 0.288. The second kappa shape index (κ2) is 9.57. The Hall–Kier alpha value is -2.69. The van der Waals surface area contributed by atoms with E-state index in [9.17, 15) is 14.0 Å². The Morgan fingerprint density at radius 3 is 2.40 bits per heavy atom. The Balaban J connectivity index is 1.73. The molecule has 2 rings (SSSR count). The molecule has 0 aliphatic rings. The van der Waals surface area contributed by atoms with Crippen LogP contribution in [0.1, 0.15) is 30.4 Å². The SMILES string of the molecule is CC[C@H](C(=O)OCC(=O)NCCc1ccc(F)cc1)c1ccccc1. The van der Waals surface area contributed by atoms with Crippen LogP contribution in [-0.4, -0.2) is 25.0 Å². The van der Waals surface area contributed by atoms with Crippen LogP contribution in [0.25, 0.3) is 0 Å². The average molecular weight is 343 g/mol. The van der Waals surface area contributed by atoms with Crippen molar-refractivity contribution in [1.82, 2.24) is 5.32 Å². The van der Waals surface area contributed by atoms with Crippen molar-refractivity contribution in [2.24, 2.45) is 0 Å². The normalized spacial score (nSPS) is 11.6. The predicted molar refractivity (Wildman–Crippen MR) is 93.5 cm³/mol. The van der Waals surface area contributed by atoms with Gasteiger partial charge >= 0.3 is 5.97 Å². The number of halogens is 1. The molecule has 0 fully saturated rings. The molecular formula is C20H22FNO3. The zero-order valence-corrected chi connectivity index (χ0v) is 14.2. The molecule has 1 atom stereocenters. The maximum atomic E-state index is 12.8. The summed E-state index contributed by atoms with van der Waals surface area (Å²) in [6.45, 7) is 2.01. The molecule has 25 heavy (non-hydrogen) atoms. The van der Waals surface area contributed by atoms with E-state index in [1.807, 2.05) is 37.3 Å². The Morgan fingerprint density at radius 1 is 1.08 bits per heavy atom. The minimum Gasteiger partial charge on any atom is -0.455 e. The largest absolute Gasteiger partial charge is 0.455 e. The van der Waals surface area contributed by atoms with Crippen LogP contribution in [0.2, 0.25) is 0 Å². The van der Waals surface area contributed by atoms with Gasteiger partial charge in [0.1, 0.15) is 5.82 Å². The minimum atomic E-state index is -0.401. The summed E-state index contributed by atoms with van der Waals surface area (Å²) in [6, 6.07) is 15.5. The summed E-state index contributed by atoms with van der Waals surface area (Å²) in [5.74, 6) is -1.41. The standard InChI is InChI=1S/C20H22FNO3/c1-2-18(16-6-4-3-5-7-16)20(24)25-14-19(23)22-13-12-15-8-10-17(21)11-9-15/h3-11,18H,2,12-14H2,1H3,(H,22,23)/t18-/m0/s1. The number of carbonyl (C=O) groups is 2. The fourth-order valence-electron chi connectivity index (χ4n) is 2.51. The smallest absolute Gasteiger partial charge is 0.313 e. The van der Waals surface area contributed by atoms with Gasteiger partial charge in [0.2, 0.25) is 0 Å². The van der Waals surface area contributed by atoms with Gasteiger partial charge in [-0.25, -0.2) is 4.39 Å². The molecule has 0 radical (unpaired) electrons. The molecule has 2 aromatic rings. The maximum absolute atomic E-state index is 12.8. The van der Waals surface area contributed by atoms with Gasteiger partial charge in [-0.15, -0.1) is 0 Å². The number of ether oxygens (including phenoxy) is 1. The van der Waals surface area contributed by atoms with Crippen molar-refractivity contribution in [3.63, 3.8) is 0 Å². The van der Waals surface area contributed by atoms with Gasteiger partial charge < -0.3 is 10.1 Å². The second-order valence-electron chi connectivity index (χ2n) is 5.71.